The van der Waals surface area contributed by atoms with E-state index in [1.54, 1.807) is 6.20 Å². The number of nitrogens with one attached hydrogen (secondary N) is 1. The molecule has 0 aromatic carbocycles. The molecule has 4 heteroatoms. The fraction of sp³-hybridized carbons (Fsp3) is 0.333. The van der Waals surface area contributed by atoms with Crippen LogP contribution in [0.3, 0.4) is 0 Å². The topological polar surface area (TPSA) is 42.7 Å². The van der Waals surface area contributed by atoms with Gasteiger partial charge >= 0.3 is 0 Å². The Morgan fingerprint density at radius 1 is 1.31 bits per heavy atom. The molecule has 16 heavy (non-hydrogen) atoms. The average Bonchev–Trinajstić information content (AvgIpc) is 2.61. The highest BCUT2D eigenvalue weighted by atomic mass is 15.2. The van der Waals surface area contributed by atoms with Crippen molar-refractivity contribution in [2.24, 2.45) is 0 Å². The number of pyridine rings is 1. The van der Waals surface area contributed by atoms with E-state index in [9.17, 15) is 0 Å². The Kier molecular flexibility index (Phi) is 1.67. The van der Waals surface area contributed by atoms with Crippen molar-refractivity contribution in [1.29, 1.82) is 0 Å². The lowest BCUT2D eigenvalue weighted by Gasteiger charge is -2.34. The van der Waals surface area contributed by atoms with Crippen LogP contribution in [0.25, 0.3) is 5.69 Å². The molecule has 0 unspecified atom stereocenters. The molecule has 0 saturated carbocycles. The number of hydrogen-bond donors (Lipinski definition) is 1. The number of fused-ring (bicyclic) bond motifs is 3. The van der Waals surface area contributed by atoms with Gasteiger partial charge in [-0.1, -0.05) is 0 Å². The van der Waals surface area contributed by atoms with Crippen LogP contribution in [0.2, 0.25) is 0 Å². The summed E-state index contributed by atoms with van der Waals surface area (Å²) in [5.41, 5.74) is 3.19. The van der Waals surface area contributed by atoms with Crippen LogP contribution in [-0.4, -0.2) is 14.5 Å². The molecular weight excluding hydrogens is 200 g/mol. The summed E-state index contributed by atoms with van der Waals surface area (Å²) in [5, 5.41) is 3.45. The molecule has 3 heterocycles. The summed E-state index contributed by atoms with van der Waals surface area (Å²) in [5.74, 6) is 0.914. The second-order valence-electron chi connectivity index (χ2n) is 4.67. The molecule has 1 aliphatic heterocycles. The fourth-order valence-electron chi connectivity index (χ4n) is 2.42. The van der Waals surface area contributed by atoms with E-state index in [-0.39, 0.29) is 5.54 Å². The normalized spacial score (nSPS) is 16.2. The maximum absolute atomic E-state index is 4.39. The second-order valence-corrected chi connectivity index (χ2v) is 4.67. The molecule has 2 aromatic heterocycles. The van der Waals surface area contributed by atoms with Crippen molar-refractivity contribution in [2.45, 2.75) is 26.3 Å². The number of rotatable bonds is 0. The molecule has 0 aliphatic carbocycles. The van der Waals surface area contributed by atoms with Gasteiger partial charge in [-0.15, -0.1) is 0 Å². The molecule has 4 nitrogen and oxygen atoms in total. The van der Waals surface area contributed by atoms with Crippen LogP contribution in [0.1, 0.15) is 25.2 Å². The van der Waals surface area contributed by atoms with E-state index in [1.807, 2.05) is 19.3 Å². The maximum Gasteiger partial charge on any atom is 0.151 e. The van der Waals surface area contributed by atoms with E-state index in [2.05, 4.69) is 39.8 Å². The minimum atomic E-state index is -0.137. The van der Waals surface area contributed by atoms with Gasteiger partial charge in [-0.05, 0) is 32.9 Å². The highest BCUT2D eigenvalue weighted by molar-refractivity contribution is 5.62. The van der Waals surface area contributed by atoms with Gasteiger partial charge < -0.3 is 5.32 Å². The van der Waals surface area contributed by atoms with Crippen molar-refractivity contribution in [3.05, 3.63) is 36.0 Å². The molecule has 0 spiro atoms. The highest BCUT2D eigenvalue weighted by Crippen LogP contribution is 2.36. The van der Waals surface area contributed by atoms with Crippen molar-refractivity contribution < 1.29 is 0 Å². The Morgan fingerprint density at radius 3 is 2.94 bits per heavy atom. The number of aryl methyl sites for hydroxylation is 1. The third-order valence-corrected chi connectivity index (χ3v) is 3.02. The van der Waals surface area contributed by atoms with E-state index < -0.39 is 0 Å². The zero-order valence-corrected chi connectivity index (χ0v) is 9.65. The average molecular weight is 214 g/mol. The predicted octanol–water partition coefficient (Wildman–Crippen LogP) is 2.24. The number of nitrogens with zero attached hydrogens (tertiary/aromatic N) is 3. The van der Waals surface area contributed by atoms with Crippen molar-refractivity contribution in [3.8, 4) is 5.69 Å². The molecule has 3 rings (SSSR count). The molecule has 1 aliphatic rings. The Bertz CT molecular complexity index is 554. The Balaban J connectivity index is 2.34. The van der Waals surface area contributed by atoms with Crippen molar-refractivity contribution >= 4 is 5.82 Å². The van der Waals surface area contributed by atoms with Gasteiger partial charge in [0.15, 0.2) is 5.82 Å². The summed E-state index contributed by atoms with van der Waals surface area (Å²) >= 11 is 0. The van der Waals surface area contributed by atoms with Gasteiger partial charge in [-0.25, -0.2) is 9.97 Å². The highest BCUT2D eigenvalue weighted by Gasteiger charge is 2.33. The lowest BCUT2D eigenvalue weighted by atomic mass is 9.96. The van der Waals surface area contributed by atoms with Crippen LogP contribution in [0, 0.1) is 6.92 Å². The zero-order chi connectivity index (χ0) is 11.3. The van der Waals surface area contributed by atoms with Gasteiger partial charge in [0, 0.05) is 6.20 Å². The lowest BCUT2D eigenvalue weighted by molar-refractivity contribution is 0.552. The van der Waals surface area contributed by atoms with Crippen molar-refractivity contribution in [2.75, 3.05) is 5.32 Å². The Morgan fingerprint density at radius 2 is 2.12 bits per heavy atom. The van der Waals surface area contributed by atoms with Gasteiger partial charge in [0.05, 0.1) is 28.9 Å². The summed E-state index contributed by atoms with van der Waals surface area (Å²) in [6, 6.07) is 3.99. The first-order chi connectivity index (χ1) is 7.59. The maximum atomic E-state index is 4.39. The standard InChI is InChI=1S/C12H14N4/c1-8-10-12(2,3)15-11-9(5-4-6-13-11)16(10)7-14-8/h4-7H,1-3H3,(H,13,15). The van der Waals surface area contributed by atoms with Gasteiger partial charge in [0.1, 0.15) is 0 Å². The first-order valence-electron chi connectivity index (χ1n) is 5.37. The van der Waals surface area contributed by atoms with E-state index in [0.29, 0.717) is 0 Å². The molecule has 2 aromatic rings. The van der Waals surface area contributed by atoms with Crippen LogP contribution >= 0.6 is 0 Å². The zero-order valence-electron chi connectivity index (χ0n) is 9.65. The minimum absolute atomic E-state index is 0.137. The fourth-order valence-corrected chi connectivity index (χ4v) is 2.42. The largest absolute Gasteiger partial charge is 0.358 e. The summed E-state index contributed by atoms with van der Waals surface area (Å²) in [4.78, 5) is 8.75. The van der Waals surface area contributed by atoms with Crippen LogP contribution in [0.4, 0.5) is 5.82 Å². The third-order valence-electron chi connectivity index (χ3n) is 3.02. The van der Waals surface area contributed by atoms with Crippen LogP contribution in [-0.2, 0) is 5.54 Å². The summed E-state index contributed by atoms with van der Waals surface area (Å²) in [7, 11) is 0. The number of aromatic nitrogens is 3. The Labute approximate surface area is 94.4 Å². The first-order valence-corrected chi connectivity index (χ1v) is 5.37. The Hall–Kier alpha value is -1.84. The lowest BCUT2D eigenvalue weighted by Crippen LogP contribution is -2.35. The molecule has 0 saturated heterocycles. The van der Waals surface area contributed by atoms with Gasteiger partial charge in [-0.2, -0.15) is 0 Å². The molecule has 0 bridgehead atoms. The molecule has 1 N–H and O–H groups in total. The van der Waals surface area contributed by atoms with Crippen molar-refractivity contribution in [3.63, 3.8) is 0 Å². The molecule has 82 valence electrons. The SMILES string of the molecule is Cc1ncn2c1C(C)(C)Nc1ncccc1-2. The van der Waals surface area contributed by atoms with Crippen LogP contribution < -0.4 is 5.32 Å². The molecule has 0 amide bonds. The molecule has 0 fully saturated rings. The summed E-state index contributed by atoms with van der Waals surface area (Å²) in [6.45, 7) is 6.33. The third kappa shape index (κ3) is 1.10. The first kappa shape index (κ1) is 9.39. The predicted molar refractivity (Wildman–Crippen MR) is 62.7 cm³/mol. The molecule has 0 radical (unpaired) electrons. The molecular formula is C12H14N4. The number of hydrogen-bond acceptors (Lipinski definition) is 3. The number of imidazole rings is 1. The van der Waals surface area contributed by atoms with Gasteiger partial charge in [0.2, 0.25) is 0 Å². The van der Waals surface area contributed by atoms with E-state index in [0.717, 1.165) is 17.2 Å². The summed E-state index contributed by atoms with van der Waals surface area (Å²) < 4.78 is 2.12. The van der Waals surface area contributed by atoms with E-state index in [1.165, 1.54) is 5.69 Å². The quantitative estimate of drug-likeness (QED) is 0.731. The van der Waals surface area contributed by atoms with Crippen LogP contribution in [0.15, 0.2) is 24.7 Å². The van der Waals surface area contributed by atoms with Gasteiger partial charge in [0.25, 0.3) is 0 Å². The van der Waals surface area contributed by atoms with Crippen molar-refractivity contribution in [1.82, 2.24) is 14.5 Å². The van der Waals surface area contributed by atoms with Gasteiger partial charge in [-0.3, -0.25) is 4.57 Å². The minimum Gasteiger partial charge on any atom is -0.358 e. The summed E-state index contributed by atoms with van der Waals surface area (Å²) in [6.07, 6.45) is 3.67. The molecule has 0 atom stereocenters. The van der Waals surface area contributed by atoms with Crippen LogP contribution in [0.5, 0.6) is 0 Å². The van der Waals surface area contributed by atoms with E-state index in [4.69, 9.17) is 0 Å². The monoisotopic (exact) mass is 214 g/mol. The number of anilines is 1. The smallest absolute Gasteiger partial charge is 0.151 e. The second kappa shape index (κ2) is 2.84. The van der Waals surface area contributed by atoms with E-state index >= 15 is 0 Å².